The molecule has 0 spiro atoms. The van der Waals surface area contributed by atoms with E-state index >= 15 is 0 Å². The lowest BCUT2D eigenvalue weighted by Gasteiger charge is -2.72. The molecule has 0 amide bonds. The third kappa shape index (κ3) is 4.89. The van der Waals surface area contributed by atoms with Gasteiger partial charge in [0, 0.05) is 5.57 Å². The van der Waals surface area contributed by atoms with Gasteiger partial charge in [0.25, 0.3) is 0 Å². The van der Waals surface area contributed by atoms with Gasteiger partial charge >= 0.3 is 5.97 Å². The molecule has 4 fully saturated rings. The van der Waals surface area contributed by atoms with E-state index in [1.165, 1.54) is 5.57 Å². The Morgan fingerprint density at radius 3 is 2.20 bits per heavy atom. The van der Waals surface area contributed by atoms with Crippen molar-refractivity contribution in [3.05, 3.63) is 34.9 Å². The molecule has 0 bridgehead atoms. The Balaban J connectivity index is 1.63. The van der Waals surface area contributed by atoms with Gasteiger partial charge in [-0.3, -0.25) is 0 Å². The highest BCUT2D eigenvalue weighted by atomic mass is 16.6. The van der Waals surface area contributed by atoms with Crippen molar-refractivity contribution in [2.75, 3.05) is 13.2 Å². The fourth-order valence-corrected chi connectivity index (χ4v) is 11.9. The summed E-state index contributed by atoms with van der Waals surface area (Å²) in [5, 5.41) is 35.2. The van der Waals surface area contributed by atoms with Crippen molar-refractivity contribution in [2.45, 2.75) is 146 Å². The number of carbonyl (C=O) groups excluding carboxylic acids is 1. The molecule has 0 saturated heterocycles. The van der Waals surface area contributed by atoms with Crippen LogP contribution in [0.5, 0.6) is 0 Å². The van der Waals surface area contributed by atoms with Gasteiger partial charge < -0.3 is 24.8 Å². The van der Waals surface area contributed by atoms with Crippen molar-refractivity contribution in [3.63, 3.8) is 0 Å². The largest absolute Gasteiger partial charge is 0.455 e. The second-order valence-electron chi connectivity index (χ2n) is 18.1. The van der Waals surface area contributed by atoms with E-state index in [0.29, 0.717) is 30.4 Å². The van der Waals surface area contributed by atoms with Crippen molar-refractivity contribution < 1.29 is 29.6 Å². The maximum atomic E-state index is 13.5. The van der Waals surface area contributed by atoms with Gasteiger partial charge in [-0.15, -0.1) is 0 Å². The van der Waals surface area contributed by atoms with Crippen LogP contribution in [0.15, 0.2) is 34.9 Å². The molecule has 260 valence electrons. The third-order valence-corrected chi connectivity index (χ3v) is 15.3. The van der Waals surface area contributed by atoms with E-state index in [1.54, 1.807) is 13.0 Å². The number of fused-ring (bicyclic) bond motifs is 7. The predicted molar refractivity (Wildman–Crippen MR) is 183 cm³/mol. The van der Waals surface area contributed by atoms with E-state index in [2.05, 4.69) is 54.5 Å². The maximum absolute atomic E-state index is 13.5. The van der Waals surface area contributed by atoms with Gasteiger partial charge in [0.05, 0.1) is 30.8 Å². The number of aliphatic hydroxyl groups excluding tert-OH is 3. The lowest BCUT2D eigenvalue weighted by molar-refractivity contribution is -0.267. The van der Waals surface area contributed by atoms with Crippen LogP contribution in [0.25, 0.3) is 0 Å². The van der Waals surface area contributed by atoms with Gasteiger partial charge in [0.15, 0.2) is 0 Å². The number of hydrogen-bond acceptors (Lipinski definition) is 6. The van der Waals surface area contributed by atoms with Crippen LogP contribution in [0.3, 0.4) is 0 Å². The van der Waals surface area contributed by atoms with Crippen molar-refractivity contribution in [3.8, 4) is 0 Å². The summed E-state index contributed by atoms with van der Waals surface area (Å²) < 4.78 is 13.1. The summed E-state index contributed by atoms with van der Waals surface area (Å²) >= 11 is 0. The molecular formula is C40H64O6. The molecule has 0 aliphatic heterocycles. The number of aliphatic hydroxyl groups is 3. The van der Waals surface area contributed by atoms with Gasteiger partial charge in [-0.25, -0.2) is 4.79 Å². The molecule has 0 aromatic heterocycles. The zero-order valence-electron chi connectivity index (χ0n) is 30.7. The van der Waals surface area contributed by atoms with Gasteiger partial charge in [0.2, 0.25) is 0 Å². The number of esters is 1. The number of hydrogen-bond donors (Lipinski definition) is 3. The summed E-state index contributed by atoms with van der Waals surface area (Å²) in [5.41, 5.74) is 1.06. The number of rotatable bonds is 6. The number of carbonyl (C=O) groups is 1. The Labute approximate surface area is 279 Å². The highest BCUT2D eigenvalue weighted by Gasteiger charge is 2.73. The average Bonchev–Trinajstić information content (AvgIpc) is 2.98. The molecule has 0 radical (unpaired) electrons. The van der Waals surface area contributed by atoms with E-state index in [4.69, 9.17) is 9.47 Å². The van der Waals surface area contributed by atoms with Crippen molar-refractivity contribution >= 4 is 5.97 Å². The molecule has 3 unspecified atom stereocenters. The molecule has 11 atom stereocenters. The van der Waals surface area contributed by atoms with Crippen LogP contribution in [0.4, 0.5) is 0 Å². The standard InChI is InChI=1S/C40H64O6/c1-12-24(3)22-45-32-33(46-34(44)25(4)13-2)40(23-41)27(20-35(32,5)6)26-14-15-29-37(9)18-17-30(42)36(7,8)28(37)16-19-38(29,10)39(26,11)21-31(40)43/h12-14,27-33,41-43H,15-23H2,1-11H3/b24-12-,25-13-/t27?,28?,29?,30-,31+,32-,33-,37-,38+,39+,40-/m0/s1. The summed E-state index contributed by atoms with van der Waals surface area (Å²) in [7, 11) is 0. The molecule has 0 aromatic carbocycles. The minimum atomic E-state index is -1.08. The highest BCUT2D eigenvalue weighted by Crippen LogP contribution is 2.76. The molecule has 46 heavy (non-hydrogen) atoms. The fraction of sp³-hybridized carbons (Fsp3) is 0.825. The molecular weight excluding hydrogens is 576 g/mol. The summed E-state index contributed by atoms with van der Waals surface area (Å²) in [6, 6.07) is 0. The molecule has 0 heterocycles. The van der Waals surface area contributed by atoms with Crippen molar-refractivity contribution in [2.24, 2.45) is 50.2 Å². The van der Waals surface area contributed by atoms with E-state index in [9.17, 15) is 20.1 Å². The SMILES string of the molecule is C/C=C(/C)CO[C@H]1[C@H](OC(=O)/C(C)=C\C)[C@@]2(CO)C(CC1(C)C)C1=CCC3[C@@]4(C)CC[C@H](O)C(C)(C)C4CC[C@@]3(C)[C@]1(C)C[C@H]2O. The monoisotopic (exact) mass is 640 g/mol. The Hall–Kier alpha value is -1.47. The predicted octanol–water partition coefficient (Wildman–Crippen LogP) is 7.56. The van der Waals surface area contributed by atoms with Gasteiger partial charge in [0.1, 0.15) is 12.2 Å². The second kappa shape index (κ2) is 11.8. The molecule has 3 N–H and O–H groups in total. The van der Waals surface area contributed by atoms with Crippen LogP contribution in [0, 0.1) is 50.2 Å². The molecule has 5 aliphatic carbocycles. The smallest absolute Gasteiger partial charge is 0.333 e. The van der Waals surface area contributed by atoms with Gasteiger partial charge in [-0.05, 0) is 117 Å². The highest BCUT2D eigenvalue weighted by molar-refractivity contribution is 5.87. The van der Waals surface area contributed by atoms with Crippen molar-refractivity contribution in [1.29, 1.82) is 0 Å². The quantitative estimate of drug-likeness (QED) is 0.158. The normalized spacial score (nSPS) is 46.7. The minimum absolute atomic E-state index is 0.0580. The van der Waals surface area contributed by atoms with Crippen LogP contribution in [0.1, 0.15) is 121 Å². The summed E-state index contributed by atoms with van der Waals surface area (Å²) in [6.45, 7) is 24.0. The number of allylic oxidation sites excluding steroid dienone is 4. The fourth-order valence-electron chi connectivity index (χ4n) is 11.9. The Morgan fingerprint density at radius 2 is 1.59 bits per heavy atom. The van der Waals surface area contributed by atoms with E-state index in [1.807, 2.05) is 26.8 Å². The molecule has 6 nitrogen and oxygen atoms in total. The third-order valence-electron chi connectivity index (χ3n) is 15.3. The molecule has 5 aliphatic rings. The van der Waals surface area contributed by atoms with E-state index in [0.717, 1.165) is 44.1 Å². The summed E-state index contributed by atoms with van der Waals surface area (Å²) in [4.78, 5) is 13.5. The number of ether oxygens (including phenoxy) is 2. The van der Waals surface area contributed by atoms with Gasteiger partial charge in [-0.2, -0.15) is 0 Å². The van der Waals surface area contributed by atoms with E-state index in [-0.39, 0.29) is 40.3 Å². The first-order valence-electron chi connectivity index (χ1n) is 18.1. The minimum Gasteiger partial charge on any atom is -0.455 e. The summed E-state index contributed by atoms with van der Waals surface area (Å²) in [6.07, 6.45) is 9.93. The molecule has 0 aromatic rings. The Morgan fingerprint density at radius 1 is 0.913 bits per heavy atom. The van der Waals surface area contributed by atoms with Crippen LogP contribution < -0.4 is 0 Å². The van der Waals surface area contributed by atoms with E-state index < -0.39 is 35.1 Å². The molecule has 5 rings (SSSR count). The first kappa shape index (κ1) is 35.8. The first-order valence-corrected chi connectivity index (χ1v) is 18.1. The second-order valence-corrected chi connectivity index (χ2v) is 18.1. The lowest BCUT2D eigenvalue weighted by atomic mass is 9.33. The zero-order chi connectivity index (χ0) is 34.3. The Bertz CT molecular complexity index is 1290. The van der Waals surface area contributed by atoms with Crippen LogP contribution in [0.2, 0.25) is 0 Å². The lowest BCUT2D eigenvalue weighted by Crippen LogP contribution is -2.72. The van der Waals surface area contributed by atoms with Crippen molar-refractivity contribution in [1.82, 2.24) is 0 Å². The van der Waals surface area contributed by atoms with Crippen LogP contribution in [-0.2, 0) is 14.3 Å². The van der Waals surface area contributed by atoms with Crippen LogP contribution in [-0.4, -0.2) is 58.9 Å². The summed E-state index contributed by atoms with van der Waals surface area (Å²) in [5.74, 6) is 0.277. The average molecular weight is 641 g/mol. The maximum Gasteiger partial charge on any atom is 0.333 e. The van der Waals surface area contributed by atoms with Crippen LogP contribution >= 0.6 is 0 Å². The topological polar surface area (TPSA) is 96.2 Å². The molecule has 4 saturated carbocycles. The van der Waals surface area contributed by atoms with Gasteiger partial charge in [-0.1, -0.05) is 77.8 Å². The first-order chi connectivity index (χ1) is 21.3. The Kier molecular flexibility index (Phi) is 9.23. The zero-order valence-corrected chi connectivity index (χ0v) is 30.7. The molecule has 6 heteroatoms.